The molecule has 1 heterocycles. The van der Waals surface area contributed by atoms with Gasteiger partial charge in [-0.05, 0) is 22.0 Å². The van der Waals surface area contributed by atoms with E-state index in [1.807, 2.05) is 0 Å². The van der Waals surface area contributed by atoms with Crippen LogP contribution in [0.4, 0.5) is 8.78 Å². The summed E-state index contributed by atoms with van der Waals surface area (Å²) in [7, 11) is 1.20. The molecule has 1 aromatic rings. The second kappa shape index (κ2) is 5.20. The van der Waals surface area contributed by atoms with Crippen molar-refractivity contribution in [3.8, 4) is 5.75 Å². The van der Waals surface area contributed by atoms with Crippen molar-refractivity contribution in [2.75, 3.05) is 7.11 Å². The van der Waals surface area contributed by atoms with Crippen LogP contribution in [-0.4, -0.2) is 23.2 Å². The number of carboxylic acid groups (broad SMARTS) is 1. The number of rotatable bonds is 4. The van der Waals surface area contributed by atoms with Crippen LogP contribution in [0.3, 0.4) is 0 Å². The minimum absolute atomic E-state index is 0.153. The minimum Gasteiger partial charge on any atom is -0.494 e. The minimum atomic E-state index is -2.82. The summed E-state index contributed by atoms with van der Waals surface area (Å²) >= 11 is 2.94. The first-order chi connectivity index (χ1) is 7.45. The lowest BCUT2D eigenvalue weighted by atomic mass is 10.1. The summed E-state index contributed by atoms with van der Waals surface area (Å²) in [6.07, 6.45) is -3.22. The van der Waals surface area contributed by atoms with E-state index in [0.717, 1.165) is 0 Å². The fourth-order valence-corrected chi connectivity index (χ4v) is 1.72. The predicted molar refractivity (Wildman–Crippen MR) is 54.8 cm³/mol. The molecule has 0 fully saturated rings. The van der Waals surface area contributed by atoms with Crippen LogP contribution in [0, 0.1) is 0 Å². The molecule has 0 amide bonds. The fourth-order valence-electron chi connectivity index (χ4n) is 1.25. The zero-order valence-electron chi connectivity index (χ0n) is 8.21. The normalized spacial score (nSPS) is 10.6. The molecule has 16 heavy (non-hydrogen) atoms. The van der Waals surface area contributed by atoms with Gasteiger partial charge in [0.1, 0.15) is 16.0 Å². The summed E-state index contributed by atoms with van der Waals surface area (Å²) in [5.41, 5.74) is -0.402. The van der Waals surface area contributed by atoms with Gasteiger partial charge in [0.25, 0.3) is 6.43 Å². The van der Waals surface area contributed by atoms with Gasteiger partial charge in [-0.1, -0.05) is 0 Å². The number of ether oxygens (including phenoxy) is 1. The van der Waals surface area contributed by atoms with Crippen LogP contribution < -0.4 is 4.74 Å². The molecule has 0 saturated carbocycles. The van der Waals surface area contributed by atoms with E-state index in [9.17, 15) is 13.6 Å². The number of alkyl halides is 2. The number of aromatic nitrogens is 1. The molecule has 0 radical (unpaired) electrons. The number of nitrogens with zero attached hydrogens (tertiary/aromatic N) is 1. The van der Waals surface area contributed by atoms with E-state index in [0.29, 0.717) is 0 Å². The second-order valence-electron chi connectivity index (χ2n) is 2.89. The number of methoxy groups -OCH3 is 1. The third kappa shape index (κ3) is 2.88. The van der Waals surface area contributed by atoms with E-state index < -0.39 is 24.5 Å². The van der Waals surface area contributed by atoms with Gasteiger partial charge in [0.15, 0.2) is 0 Å². The first-order valence-electron chi connectivity index (χ1n) is 4.19. The predicted octanol–water partition coefficient (Wildman–Crippen LogP) is 2.42. The van der Waals surface area contributed by atoms with E-state index in [2.05, 4.69) is 20.9 Å². The summed E-state index contributed by atoms with van der Waals surface area (Å²) in [5.74, 6) is -1.31. The van der Waals surface area contributed by atoms with Crippen molar-refractivity contribution in [2.24, 2.45) is 0 Å². The maximum Gasteiger partial charge on any atom is 0.307 e. The van der Waals surface area contributed by atoms with Crippen LogP contribution in [0.25, 0.3) is 0 Å². The molecule has 0 bridgehead atoms. The number of pyridine rings is 1. The second-order valence-corrected chi connectivity index (χ2v) is 3.71. The van der Waals surface area contributed by atoms with E-state index in [4.69, 9.17) is 9.84 Å². The molecule has 1 N–H and O–H groups in total. The Morgan fingerprint density at radius 3 is 2.75 bits per heavy atom. The van der Waals surface area contributed by atoms with Gasteiger partial charge in [-0.25, -0.2) is 13.8 Å². The Hall–Kier alpha value is -1.24. The quantitative estimate of drug-likeness (QED) is 0.867. The Balaban J connectivity index is 3.29. The maximum absolute atomic E-state index is 12.6. The van der Waals surface area contributed by atoms with Crippen molar-refractivity contribution in [2.45, 2.75) is 12.8 Å². The molecule has 0 aliphatic rings. The molecule has 1 rings (SSSR count). The van der Waals surface area contributed by atoms with Gasteiger partial charge < -0.3 is 9.84 Å². The van der Waals surface area contributed by atoms with Crippen LogP contribution in [0.15, 0.2) is 10.7 Å². The van der Waals surface area contributed by atoms with Gasteiger partial charge in [0, 0.05) is 5.56 Å². The molecular weight excluding hydrogens is 288 g/mol. The van der Waals surface area contributed by atoms with E-state index >= 15 is 0 Å². The van der Waals surface area contributed by atoms with Crippen LogP contribution >= 0.6 is 15.9 Å². The summed E-state index contributed by atoms with van der Waals surface area (Å²) < 4.78 is 30.1. The molecule has 0 saturated heterocycles. The van der Waals surface area contributed by atoms with Crippen LogP contribution in [-0.2, 0) is 11.2 Å². The summed E-state index contributed by atoms with van der Waals surface area (Å²) in [5, 5.41) is 8.63. The molecule has 0 aromatic carbocycles. The molecule has 4 nitrogen and oxygen atoms in total. The van der Waals surface area contributed by atoms with Gasteiger partial charge in [-0.2, -0.15) is 0 Å². The van der Waals surface area contributed by atoms with Gasteiger partial charge in [-0.15, -0.1) is 0 Å². The summed E-state index contributed by atoms with van der Waals surface area (Å²) in [6, 6.07) is 1.35. The number of hydrogen-bond acceptors (Lipinski definition) is 3. The number of carboxylic acids is 1. The first-order valence-corrected chi connectivity index (χ1v) is 4.98. The highest BCUT2D eigenvalue weighted by molar-refractivity contribution is 9.10. The first kappa shape index (κ1) is 12.8. The van der Waals surface area contributed by atoms with Gasteiger partial charge >= 0.3 is 5.97 Å². The molecule has 7 heteroatoms. The zero-order chi connectivity index (χ0) is 12.3. The number of halogens is 3. The molecular formula is C9H8BrF2NO3. The topological polar surface area (TPSA) is 59.4 Å². The monoisotopic (exact) mass is 295 g/mol. The van der Waals surface area contributed by atoms with Crippen molar-refractivity contribution >= 4 is 21.9 Å². The Morgan fingerprint density at radius 1 is 1.69 bits per heavy atom. The summed E-state index contributed by atoms with van der Waals surface area (Å²) in [4.78, 5) is 14.1. The van der Waals surface area contributed by atoms with Gasteiger partial charge in [-0.3, -0.25) is 4.79 Å². The lowest BCUT2D eigenvalue weighted by molar-refractivity contribution is -0.136. The van der Waals surface area contributed by atoms with Gasteiger partial charge in [0.05, 0.1) is 13.5 Å². The van der Waals surface area contributed by atoms with Crippen molar-refractivity contribution in [3.63, 3.8) is 0 Å². The van der Waals surface area contributed by atoms with Crippen LogP contribution in [0.2, 0.25) is 0 Å². The maximum atomic E-state index is 12.6. The number of aliphatic carboxylic acids is 1. The average Bonchev–Trinajstić information content (AvgIpc) is 2.15. The largest absolute Gasteiger partial charge is 0.494 e. The van der Waals surface area contributed by atoms with E-state index in [1.54, 1.807) is 0 Å². The van der Waals surface area contributed by atoms with Crippen molar-refractivity contribution < 1.29 is 23.4 Å². The molecule has 0 spiro atoms. The Bertz CT molecular complexity index is 412. The summed E-state index contributed by atoms with van der Waals surface area (Å²) in [6.45, 7) is 0. The van der Waals surface area contributed by atoms with Crippen molar-refractivity contribution in [1.29, 1.82) is 0 Å². The standard InChI is InChI=1S/C9H8BrF2NO3/c1-16-8-4(3-6(14)15)2-5(10)13-7(8)9(11)12/h2,9H,3H2,1H3,(H,14,15). The smallest absolute Gasteiger partial charge is 0.307 e. The molecule has 88 valence electrons. The Kier molecular flexibility index (Phi) is 4.17. The molecule has 0 aliphatic carbocycles. The zero-order valence-corrected chi connectivity index (χ0v) is 9.79. The molecule has 1 aromatic heterocycles. The fraction of sp³-hybridized carbons (Fsp3) is 0.333. The highest BCUT2D eigenvalue weighted by Gasteiger charge is 2.21. The van der Waals surface area contributed by atoms with E-state index in [-0.39, 0.29) is 15.9 Å². The lowest BCUT2D eigenvalue weighted by Gasteiger charge is -2.11. The van der Waals surface area contributed by atoms with Crippen LogP contribution in [0.1, 0.15) is 17.7 Å². The Labute approximate surface area is 98.4 Å². The number of hydrogen-bond donors (Lipinski definition) is 1. The SMILES string of the molecule is COc1c(CC(=O)O)cc(Br)nc1C(F)F. The lowest BCUT2D eigenvalue weighted by Crippen LogP contribution is -2.06. The van der Waals surface area contributed by atoms with Crippen molar-refractivity contribution in [3.05, 3.63) is 21.9 Å². The third-order valence-corrected chi connectivity index (χ3v) is 2.20. The average molecular weight is 296 g/mol. The van der Waals surface area contributed by atoms with E-state index in [1.165, 1.54) is 13.2 Å². The third-order valence-electron chi connectivity index (χ3n) is 1.80. The van der Waals surface area contributed by atoms with Crippen LogP contribution in [0.5, 0.6) is 5.75 Å². The molecule has 0 aliphatic heterocycles. The highest BCUT2D eigenvalue weighted by atomic mass is 79.9. The molecule has 0 atom stereocenters. The van der Waals surface area contributed by atoms with Gasteiger partial charge in [0.2, 0.25) is 0 Å². The molecule has 0 unspecified atom stereocenters. The Morgan fingerprint density at radius 2 is 2.31 bits per heavy atom. The number of carbonyl (C=O) groups is 1. The van der Waals surface area contributed by atoms with Crippen molar-refractivity contribution in [1.82, 2.24) is 4.98 Å². The highest BCUT2D eigenvalue weighted by Crippen LogP contribution is 2.32.